The van der Waals surface area contributed by atoms with Crippen LogP contribution in [0, 0.1) is 0 Å². The molecule has 0 heterocycles. The minimum absolute atomic E-state index is 0. The molecular weight excluding hydrogens is 207 g/mol. The lowest BCUT2D eigenvalue weighted by atomic mass is 10.3. The Balaban J connectivity index is -0.000000180. The third kappa shape index (κ3) is 14.1. The van der Waals surface area contributed by atoms with Gasteiger partial charge in [0.05, 0.1) is 20.6 Å². The summed E-state index contributed by atoms with van der Waals surface area (Å²) in [5, 5.41) is 0. The molecule has 0 spiro atoms. The van der Waals surface area contributed by atoms with E-state index in [1.807, 2.05) is 0 Å². The summed E-state index contributed by atoms with van der Waals surface area (Å²) in [7, 11) is -0.718. The van der Waals surface area contributed by atoms with Crippen LogP contribution in [-0.2, 0) is 4.57 Å². The number of nitrogens with two attached hydrogens (primary N) is 1. The Morgan fingerprint density at radius 3 is 1.93 bits per heavy atom. The van der Waals surface area contributed by atoms with Crippen molar-refractivity contribution in [2.45, 2.75) is 19.8 Å². The molecule has 0 unspecified atom stereocenters. The van der Waals surface area contributed by atoms with E-state index in [0.717, 1.165) is 0 Å². The average Bonchev–Trinajstić information content (AvgIpc) is 2.00. The van der Waals surface area contributed by atoms with Gasteiger partial charge in [0.2, 0.25) is 5.65 Å². The first kappa shape index (κ1) is 16.0. The smallest absolute Gasteiger partial charge is 0.804 e. The number of hydrogen-bond acceptors (Lipinski definition) is 4. The van der Waals surface area contributed by atoms with E-state index in [9.17, 15) is 19.1 Å². The fraction of sp³-hybridized carbons (Fsp3) is 0.857. The van der Waals surface area contributed by atoms with Crippen LogP contribution in [0.4, 0.5) is 4.79 Å². The van der Waals surface area contributed by atoms with Gasteiger partial charge >= 0.3 is 1.43 Å². The Kier molecular flexibility index (Phi) is 9.08. The van der Waals surface area contributed by atoms with E-state index in [0.29, 0.717) is 0 Å². The second-order valence-electron chi connectivity index (χ2n) is 3.15. The number of primary amides is 1. The second-order valence-corrected chi connectivity index (χ2v) is 4.58. The van der Waals surface area contributed by atoms with E-state index in [1.54, 1.807) is 4.90 Å². The van der Waals surface area contributed by atoms with Gasteiger partial charge in [-0.25, -0.2) is 0 Å². The zero-order valence-electron chi connectivity index (χ0n) is 9.78. The van der Waals surface area contributed by atoms with E-state index in [-0.39, 0.29) is 1.43 Å². The van der Waals surface area contributed by atoms with Gasteiger partial charge in [-0.05, 0) is 6.42 Å². The Morgan fingerprint density at radius 1 is 1.50 bits per heavy atom. The van der Waals surface area contributed by atoms with Crippen LogP contribution in [0.5, 0.6) is 0 Å². The fourth-order valence-electron chi connectivity index (χ4n) is 0.530. The van der Waals surface area contributed by atoms with Crippen molar-refractivity contribution in [2.24, 2.45) is 5.73 Å². The molecule has 0 aliphatic rings. The molecule has 0 radical (unpaired) electrons. The lowest BCUT2D eigenvalue weighted by molar-refractivity contribution is -0.858. The Labute approximate surface area is 85.7 Å². The summed E-state index contributed by atoms with van der Waals surface area (Å²) in [6.45, 7) is 3.54. The molecule has 0 rings (SSSR count). The highest BCUT2D eigenvalue weighted by Gasteiger charge is 1.94. The average molecular weight is 226 g/mol. The van der Waals surface area contributed by atoms with Gasteiger partial charge in [0, 0.05) is 7.60 Å². The van der Waals surface area contributed by atoms with E-state index in [2.05, 4.69) is 26.8 Å². The summed E-state index contributed by atoms with van der Waals surface area (Å²) in [6, 6.07) is 0. The van der Waals surface area contributed by atoms with Crippen LogP contribution < -0.4 is 20.4 Å². The maximum atomic E-state index is 9.35. The number of nitrogens with one attached hydrogen (secondary N) is 1. The Hall–Kier alpha value is -0.420. The van der Waals surface area contributed by atoms with Crippen LogP contribution in [0.2, 0.25) is 0 Å². The van der Waals surface area contributed by atoms with Gasteiger partial charge in [0.25, 0.3) is 0 Å². The quantitative estimate of drug-likeness (QED) is 0.541. The van der Waals surface area contributed by atoms with Crippen LogP contribution >= 0.6 is 7.60 Å². The Morgan fingerprint density at radius 2 is 1.86 bits per heavy atom. The lowest BCUT2D eigenvalue weighted by Gasteiger charge is -2.23. The van der Waals surface area contributed by atoms with Gasteiger partial charge in [0.1, 0.15) is 0 Å². The normalized spacial score (nSPS) is 10.7. The van der Waals surface area contributed by atoms with Gasteiger partial charge < -0.3 is 25.0 Å². The third-order valence-electron chi connectivity index (χ3n) is 1.30. The molecule has 0 aromatic rings. The number of carbonyl (C=O) groups excluding carboxylic acids is 1. The predicted octanol–water partition coefficient (Wildman–Crippen LogP) is -1.98. The standard InChI is InChI=1S/C6H15N.CH4NO4P/c1-4-5-6-7(2)3;2-1(3)7(4,5)6/h4-6H2,1-3H3;(H2,2,3)(H2,4,5,6). The summed E-state index contributed by atoms with van der Waals surface area (Å²) in [6.07, 6.45) is 2.69. The number of carbonyl (C=O) groups is 1. The molecule has 0 atom stereocenters. The highest BCUT2D eigenvalue weighted by Crippen LogP contribution is 2.20. The third-order valence-corrected chi connectivity index (χ3v) is 1.84. The van der Waals surface area contributed by atoms with Crippen molar-refractivity contribution in [3.05, 3.63) is 0 Å². The molecule has 3 N–H and O–H groups in total. The van der Waals surface area contributed by atoms with Crippen molar-refractivity contribution in [1.29, 1.82) is 0 Å². The highest BCUT2D eigenvalue weighted by atomic mass is 31.2. The van der Waals surface area contributed by atoms with Gasteiger partial charge in [-0.3, -0.25) is 4.79 Å². The molecule has 0 aromatic carbocycles. The molecule has 86 valence electrons. The summed E-state index contributed by atoms with van der Waals surface area (Å²) >= 11 is 0. The van der Waals surface area contributed by atoms with Crippen LogP contribution in [0.25, 0.3) is 0 Å². The van der Waals surface area contributed by atoms with Crippen molar-refractivity contribution >= 4 is 13.2 Å². The van der Waals surface area contributed by atoms with Crippen LogP contribution in [0.15, 0.2) is 0 Å². The number of unbranched alkanes of at least 4 members (excludes halogenated alkanes) is 1. The molecule has 0 fully saturated rings. The van der Waals surface area contributed by atoms with Gasteiger partial charge in [-0.15, -0.1) is 0 Å². The second kappa shape index (κ2) is 7.94. The minimum atomic E-state index is -5.10. The molecule has 0 bridgehead atoms. The molecule has 0 aromatic heterocycles. The highest BCUT2D eigenvalue weighted by molar-refractivity contribution is 7.67. The topological polar surface area (TPSA) is 111 Å². The fourth-order valence-corrected chi connectivity index (χ4v) is 0.530. The number of quaternary nitrogens is 1. The number of rotatable bonds is 4. The molecule has 1 amide bonds. The number of amides is 1. The van der Waals surface area contributed by atoms with Crippen molar-refractivity contribution < 1.29 is 25.5 Å². The summed E-state index contributed by atoms with van der Waals surface area (Å²) in [5.74, 6) is 0. The molecule has 7 heteroatoms. The van der Waals surface area contributed by atoms with E-state index < -0.39 is 13.2 Å². The Bertz CT molecular complexity index is 207. The van der Waals surface area contributed by atoms with Gasteiger partial charge in [-0.1, -0.05) is 13.3 Å². The largest absolute Gasteiger partial charge is 1.00 e. The van der Waals surface area contributed by atoms with E-state index >= 15 is 0 Å². The monoisotopic (exact) mass is 226 g/mol. The van der Waals surface area contributed by atoms with Gasteiger partial charge in [0.15, 0.2) is 0 Å². The molecule has 0 saturated carbocycles. The number of hydrogen-bond donors (Lipinski definition) is 2. The van der Waals surface area contributed by atoms with Crippen LogP contribution in [0.1, 0.15) is 21.2 Å². The molecule has 0 aliphatic heterocycles. The van der Waals surface area contributed by atoms with Crippen molar-refractivity contribution in [3.63, 3.8) is 0 Å². The maximum Gasteiger partial charge on any atom is 1.00 e. The predicted molar refractivity (Wildman–Crippen MR) is 50.9 cm³/mol. The van der Waals surface area contributed by atoms with E-state index in [1.165, 1.54) is 19.4 Å². The lowest BCUT2D eigenvalue weighted by Crippen LogP contribution is -3.05. The first-order valence-electron chi connectivity index (χ1n) is 4.32. The molecule has 6 nitrogen and oxygen atoms in total. The van der Waals surface area contributed by atoms with E-state index in [4.69, 9.17) is 0 Å². The van der Waals surface area contributed by atoms with Crippen molar-refractivity contribution in [1.82, 2.24) is 0 Å². The van der Waals surface area contributed by atoms with Crippen molar-refractivity contribution in [2.75, 3.05) is 20.6 Å². The minimum Gasteiger partial charge on any atom is -0.804 e. The van der Waals surface area contributed by atoms with Crippen LogP contribution in [0.3, 0.4) is 0 Å². The molecular formula is C7H19N2O4P. The first-order valence-corrected chi connectivity index (χ1v) is 5.87. The first-order chi connectivity index (χ1) is 6.21. The SMILES string of the molecule is CCCC[NH+](C)C.NC(=O)P(=O)([O-])[O-].[H+]. The zero-order valence-corrected chi connectivity index (χ0v) is 9.67. The molecule has 0 aliphatic carbocycles. The summed E-state index contributed by atoms with van der Waals surface area (Å²) in [5.41, 5.74) is 2.23. The maximum absolute atomic E-state index is 9.35. The molecule has 0 saturated heterocycles. The summed E-state index contributed by atoms with van der Waals surface area (Å²) < 4.78 is 9.33. The van der Waals surface area contributed by atoms with Crippen molar-refractivity contribution in [3.8, 4) is 0 Å². The van der Waals surface area contributed by atoms with Gasteiger partial charge in [-0.2, -0.15) is 0 Å². The summed E-state index contributed by atoms with van der Waals surface area (Å²) in [4.78, 5) is 29.6. The molecule has 14 heavy (non-hydrogen) atoms. The van der Waals surface area contributed by atoms with Crippen LogP contribution in [-0.4, -0.2) is 26.3 Å². The zero-order chi connectivity index (χ0) is 11.8.